The highest BCUT2D eigenvalue weighted by Gasteiger charge is 2.27. The SMILES string of the molecule is CCC1(C)CCN(CCOc2ccc(C#N)cc2)CC1. The molecule has 3 heteroatoms. The van der Waals surface area contributed by atoms with Crippen molar-refractivity contribution in [1.29, 1.82) is 5.26 Å². The molecular formula is C17H24N2O. The van der Waals surface area contributed by atoms with Gasteiger partial charge in [0.15, 0.2) is 0 Å². The fourth-order valence-electron chi connectivity index (χ4n) is 2.59. The maximum atomic E-state index is 8.74. The number of benzene rings is 1. The van der Waals surface area contributed by atoms with Crippen LogP contribution in [0.1, 0.15) is 38.7 Å². The summed E-state index contributed by atoms with van der Waals surface area (Å²) in [5.74, 6) is 0.847. The average molecular weight is 272 g/mol. The summed E-state index contributed by atoms with van der Waals surface area (Å²) < 4.78 is 5.74. The van der Waals surface area contributed by atoms with Crippen LogP contribution in [0.3, 0.4) is 0 Å². The van der Waals surface area contributed by atoms with Crippen LogP contribution in [0.5, 0.6) is 5.75 Å². The first kappa shape index (κ1) is 14.9. The minimum Gasteiger partial charge on any atom is -0.492 e. The van der Waals surface area contributed by atoms with Gasteiger partial charge in [0, 0.05) is 6.54 Å². The Morgan fingerprint density at radius 1 is 1.25 bits per heavy atom. The summed E-state index contributed by atoms with van der Waals surface area (Å²) in [7, 11) is 0. The summed E-state index contributed by atoms with van der Waals surface area (Å²) in [5.41, 5.74) is 1.22. The van der Waals surface area contributed by atoms with Gasteiger partial charge in [-0.25, -0.2) is 0 Å². The smallest absolute Gasteiger partial charge is 0.119 e. The minimum absolute atomic E-state index is 0.546. The molecule has 0 unspecified atom stereocenters. The van der Waals surface area contributed by atoms with Crippen LogP contribution < -0.4 is 4.74 Å². The summed E-state index contributed by atoms with van der Waals surface area (Å²) >= 11 is 0. The van der Waals surface area contributed by atoms with E-state index in [1.165, 1.54) is 32.4 Å². The van der Waals surface area contributed by atoms with Crippen molar-refractivity contribution in [2.75, 3.05) is 26.2 Å². The molecule has 0 saturated carbocycles. The van der Waals surface area contributed by atoms with E-state index < -0.39 is 0 Å². The van der Waals surface area contributed by atoms with Gasteiger partial charge < -0.3 is 4.74 Å². The Morgan fingerprint density at radius 2 is 1.90 bits per heavy atom. The number of ether oxygens (including phenoxy) is 1. The highest BCUT2D eigenvalue weighted by molar-refractivity contribution is 5.34. The Balaban J connectivity index is 1.70. The molecule has 2 rings (SSSR count). The zero-order valence-electron chi connectivity index (χ0n) is 12.6. The molecule has 0 aliphatic carbocycles. The first-order chi connectivity index (χ1) is 9.65. The fraction of sp³-hybridized carbons (Fsp3) is 0.588. The van der Waals surface area contributed by atoms with Gasteiger partial charge in [0.1, 0.15) is 12.4 Å². The zero-order valence-corrected chi connectivity index (χ0v) is 12.6. The molecule has 3 nitrogen and oxygen atoms in total. The molecule has 0 radical (unpaired) electrons. The standard InChI is InChI=1S/C17H24N2O/c1-3-17(2)8-10-19(11-9-17)12-13-20-16-6-4-15(14-18)5-7-16/h4-7H,3,8-13H2,1-2H3. The number of rotatable bonds is 5. The lowest BCUT2D eigenvalue weighted by atomic mass is 9.78. The predicted molar refractivity (Wildman–Crippen MR) is 80.7 cm³/mol. The molecule has 0 spiro atoms. The van der Waals surface area contributed by atoms with Gasteiger partial charge in [-0.15, -0.1) is 0 Å². The van der Waals surface area contributed by atoms with E-state index in [9.17, 15) is 0 Å². The molecular weight excluding hydrogens is 248 g/mol. The molecule has 1 aromatic rings. The van der Waals surface area contributed by atoms with Gasteiger partial charge >= 0.3 is 0 Å². The van der Waals surface area contributed by atoms with Gasteiger partial charge in [-0.3, -0.25) is 4.90 Å². The van der Waals surface area contributed by atoms with E-state index in [1.807, 2.05) is 12.1 Å². The molecule has 0 atom stereocenters. The molecule has 1 aliphatic rings. The predicted octanol–water partition coefficient (Wildman–Crippen LogP) is 3.45. The first-order valence-electron chi connectivity index (χ1n) is 7.50. The maximum absolute atomic E-state index is 8.74. The Bertz CT molecular complexity index is 453. The summed E-state index contributed by atoms with van der Waals surface area (Å²) in [6, 6.07) is 9.43. The van der Waals surface area contributed by atoms with Gasteiger partial charge in [-0.1, -0.05) is 20.3 Å². The highest BCUT2D eigenvalue weighted by atomic mass is 16.5. The monoisotopic (exact) mass is 272 g/mol. The van der Waals surface area contributed by atoms with E-state index in [2.05, 4.69) is 24.8 Å². The number of nitrogens with zero attached hydrogens (tertiary/aromatic N) is 2. The Hall–Kier alpha value is -1.53. The van der Waals surface area contributed by atoms with E-state index in [4.69, 9.17) is 10.00 Å². The second-order valence-electron chi connectivity index (χ2n) is 5.99. The van der Waals surface area contributed by atoms with E-state index in [0.29, 0.717) is 11.0 Å². The number of hydrogen-bond acceptors (Lipinski definition) is 3. The lowest BCUT2D eigenvalue weighted by Crippen LogP contribution is -2.40. The van der Waals surface area contributed by atoms with Crippen molar-refractivity contribution in [2.24, 2.45) is 5.41 Å². The van der Waals surface area contributed by atoms with Crippen LogP contribution in [0, 0.1) is 16.7 Å². The third kappa shape index (κ3) is 3.98. The third-order valence-corrected chi connectivity index (χ3v) is 4.58. The molecule has 108 valence electrons. The molecule has 1 heterocycles. The van der Waals surface area contributed by atoms with E-state index >= 15 is 0 Å². The number of hydrogen-bond donors (Lipinski definition) is 0. The lowest BCUT2D eigenvalue weighted by Gasteiger charge is -2.38. The number of piperidine rings is 1. The van der Waals surface area contributed by atoms with E-state index in [1.54, 1.807) is 12.1 Å². The van der Waals surface area contributed by atoms with Crippen molar-refractivity contribution in [3.8, 4) is 11.8 Å². The first-order valence-corrected chi connectivity index (χ1v) is 7.50. The van der Waals surface area contributed by atoms with E-state index in [-0.39, 0.29) is 0 Å². The normalized spacial score (nSPS) is 18.4. The molecule has 0 bridgehead atoms. The number of likely N-dealkylation sites (tertiary alicyclic amines) is 1. The maximum Gasteiger partial charge on any atom is 0.119 e. The van der Waals surface area contributed by atoms with Gasteiger partial charge in [-0.2, -0.15) is 5.26 Å². The van der Waals surface area contributed by atoms with Crippen molar-refractivity contribution >= 4 is 0 Å². The lowest BCUT2D eigenvalue weighted by molar-refractivity contribution is 0.101. The fourth-order valence-corrected chi connectivity index (χ4v) is 2.59. The molecule has 0 N–H and O–H groups in total. The van der Waals surface area contributed by atoms with Gasteiger partial charge in [0.05, 0.1) is 11.6 Å². The molecule has 0 amide bonds. The van der Waals surface area contributed by atoms with Crippen molar-refractivity contribution in [1.82, 2.24) is 4.90 Å². The number of nitriles is 1. The Morgan fingerprint density at radius 3 is 2.45 bits per heavy atom. The molecule has 1 fully saturated rings. The van der Waals surface area contributed by atoms with Crippen LogP contribution in [-0.4, -0.2) is 31.1 Å². The molecule has 1 aromatic carbocycles. The second-order valence-corrected chi connectivity index (χ2v) is 5.99. The molecule has 1 saturated heterocycles. The van der Waals surface area contributed by atoms with Crippen LogP contribution in [0.4, 0.5) is 0 Å². The topological polar surface area (TPSA) is 36.3 Å². The molecule has 0 aromatic heterocycles. The van der Waals surface area contributed by atoms with Gasteiger partial charge in [0.2, 0.25) is 0 Å². The third-order valence-electron chi connectivity index (χ3n) is 4.58. The zero-order chi connectivity index (χ0) is 14.4. The highest BCUT2D eigenvalue weighted by Crippen LogP contribution is 2.33. The van der Waals surface area contributed by atoms with Crippen molar-refractivity contribution in [3.05, 3.63) is 29.8 Å². The van der Waals surface area contributed by atoms with Crippen LogP contribution >= 0.6 is 0 Å². The average Bonchev–Trinajstić information content (AvgIpc) is 2.50. The Labute approximate surface area is 122 Å². The molecule has 1 aliphatic heterocycles. The van der Waals surface area contributed by atoms with E-state index in [0.717, 1.165) is 18.9 Å². The van der Waals surface area contributed by atoms with Crippen LogP contribution in [0.15, 0.2) is 24.3 Å². The minimum atomic E-state index is 0.546. The Kier molecular flexibility index (Phi) is 5.03. The second kappa shape index (κ2) is 6.76. The van der Waals surface area contributed by atoms with Crippen molar-refractivity contribution in [2.45, 2.75) is 33.1 Å². The van der Waals surface area contributed by atoms with Crippen LogP contribution in [0.25, 0.3) is 0 Å². The summed E-state index contributed by atoms with van der Waals surface area (Å²) in [6.07, 6.45) is 3.86. The molecule has 20 heavy (non-hydrogen) atoms. The van der Waals surface area contributed by atoms with Gasteiger partial charge in [0.25, 0.3) is 0 Å². The largest absolute Gasteiger partial charge is 0.492 e. The van der Waals surface area contributed by atoms with Crippen molar-refractivity contribution in [3.63, 3.8) is 0 Å². The van der Waals surface area contributed by atoms with Crippen LogP contribution in [0.2, 0.25) is 0 Å². The van der Waals surface area contributed by atoms with Gasteiger partial charge in [-0.05, 0) is 55.6 Å². The van der Waals surface area contributed by atoms with Crippen LogP contribution in [-0.2, 0) is 0 Å². The summed E-state index contributed by atoms with van der Waals surface area (Å²) in [5, 5.41) is 8.74. The summed E-state index contributed by atoms with van der Waals surface area (Å²) in [6.45, 7) is 8.76. The summed E-state index contributed by atoms with van der Waals surface area (Å²) in [4.78, 5) is 2.49. The quantitative estimate of drug-likeness (QED) is 0.823. The van der Waals surface area contributed by atoms with Crippen molar-refractivity contribution < 1.29 is 4.74 Å².